The maximum atomic E-state index is 12.7. The van der Waals surface area contributed by atoms with Gasteiger partial charge in [0.1, 0.15) is 0 Å². The highest BCUT2D eigenvalue weighted by atomic mass is 35.5. The molecule has 1 amide bonds. The third kappa shape index (κ3) is 1.83. The SMILES string of the molecule is O=C1c2cccc3cccc(c23)N1Cc1ccccc1Cl. The lowest BCUT2D eigenvalue weighted by Crippen LogP contribution is -2.26. The molecular formula is C18H12ClNO. The second kappa shape index (κ2) is 4.61. The van der Waals surface area contributed by atoms with E-state index in [1.54, 1.807) is 4.90 Å². The Balaban J connectivity index is 1.85. The third-order valence-electron chi connectivity index (χ3n) is 3.94. The number of carbonyl (C=O) groups is 1. The zero-order chi connectivity index (χ0) is 14.4. The largest absolute Gasteiger partial charge is 0.303 e. The van der Waals surface area contributed by atoms with Gasteiger partial charge in [0.05, 0.1) is 12.2 Å². The van der Waals surface area contributed by atoms with Crippen LogP contribution in [0.4, 0.5) is 5.69 Å². The van der Waals surface area contributed by atoms with Crippen LogP contribution in [-0.4, -0.2) is 5.91 Å². The highest BCUT2D eigenvalue weighted by Gasteiger charge is 2.29. The van der Waals surface area contributed by atoms with Gasteiger partial charge in [-0.05, 0) is 29.1 Å². The Morgan fingerprint density at radius 3 is 2.48 bits per heavy atom. The first-order valence-corrected chi connectivity index (χ1v) is 7.20. The Labute approximate surface area is 127 Å². The predicted octanol–water partition coefficient (Wildman–Crippen LogP) is 4.65. The lowest BCUT2D eigenvalue weighted by atomic mass is 10.1. The number of carbonyl (C=O) groups excluding carboxylic acids is 1. The Bertz CT molecular complexity index is 867. The number of rotatable bonds is 2. The summed E-state index contributed by atoms with van der Waals surface area (Å²) in [6.07, 6.45) is 0. The van der Waals surface area contributed by atoms with Crippen molar-refractivity contribution in [3.63, 3.8) is 0 Å². The van der Waals surface area contributed by atoms with Crippen LogP contribution in [0.25, 0.3) is 10.8 Å². The van der Waals surface area contributed by atoms with Gasteiger partial charge in [0.25, 0.3) is 5.91 Å². The summed E-state index contributed by atoms with van der Waals surface area (Å²) in [5.41, 5.74) is 2.69. The second-order valence-corrected chi connectivity index (χ2v) is 5.57. The number of halogens is 1. The third-order valence-corrected chi connectivity index (χ3v) is 4.30. The van der Waals surface area contributed by atoms with Gasteiger partial charge >= 0.3 is 0 Å². The van der Waals surface area contributed by atoms with E-state index in [4.69, 9.17) is 11.6 Å². The molecule has 0 fully saturated rings. The first-order valence-electron chi connectivity index (χ1n) is 6.83. The van der Waals surface area contributed by atoms with Crippen molar-refractivity contribution >= 4 is 34.0 Å². The molecule has 0 N–H and O–H groups in total. The van der Waals surface area contributed by atoms with Crippen molar-refractivity contribution in [1.29, 1.82) is 0 Å². The molecule has 3 aromatic rings. The molecule has 21 heavy (non-hydrogen) atoms. The molecule has 0 aromatic heterocycles. The number of hydrogen-bond donors (Lipinski definition) is 0. The molecule has 0 atom stereocenters. The summed E-state index contributed by atoms with van der Waals surface area (Å²) >= 11 is 6.23. The molecular weight excluding hydrogens is 282 g/mol. The summed E-state index contributed by atoms with van der Waals surface area (Å²) in [7, 11) is 0. The van der Waals surface area contributed by atoms with Crippen LogP contribution in [0.15, 0.2) is 60.7 Å². The molecule has 0 bridgehead atoms. The highest BCUT2D eigenvalue weighted by Crippen LogP contribution is 2.38. The van der Waals surface area contributed by atoms with E-state index in [9.17, 15) is 4.79 Å². The molecule has 3 heteroatoms. The van der Waals surface area contributed by atoms with Gasteiger partial charge in [-0.2, -0.15) is 0 Å². The normalized spacial score (nSPS) is 13.2. The van der Waals surface area contributed by atoms with Crippen LogP contribution < -0.4 is 4.90 Å². The zero-order valence-corrected chi connectivity index (χ0v) is 12.0. The molecule has 102 valence electrons. The van der Waals surface area contributed by atoms with Crippen LogP contribution in [0.5, 0.6) is 0 Å². The van der Waals surface area contributed by atoms with Crippen molar-refractivity contribution < 1.29 is 4.79 Å². The molecule has 0 saturated heterocycles. The number of nitrogens with zero attached hydrogens (tertiary/aromatic N) is 1. The second-order valence-electron chi connectivity index (χ2n) is 5.16. The zero-order valence-electron chi connectivity index (χ0n) is 11.2. The topological polar surface area (TPSA) is 20.3 Å². The fourth-order valence-electron chi connectivity index (χ4n) is 2.93. The van der Waals surface area contributed by atoms with E-state index in [0.29, 0.717) is 11.6 Å². The van der Waals surface area contributed by atoms with Crippen molar-refractivity contribution in [2.24, 2.45) is 0 Å². The summed E-state index contributed by atoms with van der Waals surface area (Å²) in [4.78, 5) is 14.5. The van der Waals surface area contributed by atoms with Crippen molar-refractivity contribution in [3.8, 4) is 0 Å². The molecule has 4 rings (SSSR count). The van der Waals surface area contributed by atoms with Gasteiger partial charge in [-0.25, -0.2) is 0 Å². The molecule has 3 aromatic carbocycles. The van der Waals surface area contributed by atoms with E-state index < -0.39 is 0 Å². The van der Waals surface area contributed by atoms with Crippen LogP contribution >= 0.6 is 11.6 Å². The van der Waals surface area contributed by atoms with E-state index in [0.717, 1.165) is 27.6 Å². The van der Waals surface area contributed by atoms with E-state index >= 15 is 0 Å². The minimum atomic E-state index is 0.0433. The Hall–Kier alpha value is -2.32. The van der Waals surface area contributed by atoms with Crippen LogP contribution in [-0.2, 0) is 6.54 Å². The number of amides is 1. The predicted molar refractivity (Wildman–Crippen MR) is 85.9 cm³/mol. The maximum Gasteiger partial charge on any atom is 0.259 e. The van der Waals surface area contributed by atoms with E-state index in [2.05, 4.69) is 0 Å². The lowest BCUT2D eigenvalue weighted by Gasteiger charge is -2.18. The Kier molecular flexibility index (Phi) is 2.72. The van der Waals surface area contributed by atoms with Gasteiger partial charge in [0.15, 0.2) is 0 Å². The van der Waals surface area contributed by atoms with E-state index in [1.165, 1.54) is 0 Å². The molecule has 0 radical (unpaired) electrons. The standard InChI is InChI=1S/C18H12ClNO/c19-15-9-2-1-5-13(15)11-20-16-10-4-7-12-6-3-8-14(17(12)16)18(20)21/h1-10H,11H2. The first kappa shape index (κ1) is 12.4. The Morgan fingerprint density at radius 1 is 0.905 bits per heavy atom. The highest BCUT2D eigenvalue weighted by molar-refractivity contribution is 6.31. The summed E-state index contributed by atoms with van der Waals surface area (Å²) in [6.45, 7) is 0.492. The minimum Gasteiger partial charge on any atom is -0.303 e. The van der Waals surface area contributed by atoms with Crippen molar-refractivity contribution in [2.75, 3.05) is 4.90 Å². The van der Waals surface area contributed by atoms with E-state index in [-0.39, 0.29) is 5.91 Å². The number of hydrogen-bond acceptors (Lipinski definition) is 1. The van der Waals surface area contributed by atoms with Crippen molar-refractivity contribution in [2.45, 2.75) is 6.54 Å². The average molecular weight is 294 g/mol. The fourth-order valence-corrected chi connectivity index (χ4v) is 3.13. The molecule has 0 spiro atoms. The van der Waals surface area contributed by atoms with Gasteiger partial charge in [-0.15, -0.1) is 0 Å². The summed E-state index contributed by atoms with van der Waals surface area (Å²) in [5, 5.41) is 2.82. The van der Waals surface area contributed by atoms with Crippen molar-refractivity contribution in [1.82, 2.24) is 0 Å². The summed E-state index contributed by atoms with van der Waals surface area (Å²) < 4.78 is 0. The van der Waals surface area contributed by atoms with Crippen LogP contribution in [0.1, 0.15) is 15.9 Å². The molecule has 1 aliphatic rings. The van der Waals surface area contributed by atoms with Crippen molar-refractivity contribution in [3.05, 3.63) is 76.8 Å². The molecule has 0 unspecified atom stereocenters. The lowest BCUT2D eigenvalue weighted by molar-refractivity contribution is 0.0991. The molecule has 2 nitrogen and oxygen atoms in total. The molecule has 0 aliphatic carbocycles. The monoisotopic (exact) mass is 293 g/mol. The molecule has 0 saturated carbocycles. The number of anilines is 1. The first-order chi connectivity index (χ1) is 10.3. The van der Waals surface area contributed by atoms with Gasteiger partial charge in [0.2, 0.25) is 0 Å². The van der Waals surface area contributed by atoms with Crippen LogP contribution in [0.2, 0.25) is 5.02 Å². The van der Waals surface area contributed by atoms with E-state index in [1.807, 2.05) is 60.7 Å². The fraction of sp³-hybridized carbons (Fsp3) is 0.0556. The Morgan fingerprint density at radius 2 is 1.67 bits per heavy atom. The quantitative estimate of drug-likeness (QED) is 0.673. The smallest absolute Gasteiger partial charge is 0.259 e. The van der Waals surface area contributed by atoms with Crippen LogP contribution in [0.3, 0.4) is 0 Å². The van der Waals surface area contributed by atoms with Gasteiger partial charge < -0.3 is 4.90 Å². The molecule has 1 heterocycles. The minimum absolute atomic E-state index is 0.0433. The molecule has 1 aliphatic heterocycles. The van der Waals surface area contributed by atoms with Gasteiger partial charge in [-0.3, -0.25) is 4.79 Å². The van der Waals surface area contributed by atoms with Gasteiger partial charge in [0, 0.05) is 16.0 Å². The van der Waals surface area contributed by atoms with Gasteiger partial charge in [-0.1, -0.05) is 54.1 Å². The number of benzene rings is 3. The average Bonchev–Trinajstić information content (AvgIpc) is 2.78. The van der Waals surface area contributed by atoms with Crippen LogP contribution in [0, 0.1) is 0 Å². The maximum absolute atomic E-state index is 12.7. The summed E-state index contributed by atoms with van der Waals surface area (Å²) in [6, 6.07) is 19.5. The summed E-state index contributed by atoms with van der Waals surface area (Å²) in [5.74, 6) is 0.0433.